The van der Waals surface area contributed by atoms with E-state index in [-0.39, 0.29) is 12.0 Å². The first-order chi connectivity index (χ1) is 9.01. The summed E-state index contributed by atoms with van der Waals surface area (Å²) in [6.45, 7) is 6.28. The maximum Gasteiger partial charge on any atom is 0.144 e. The Kier molecular flexibility index (Phi) is 6.58. The summed E-state index contributed by atoms with van der Waals surface area (Å²) in [4.78, 5) is 2.49. The highest BCUT2D eigenvalue weighted by molar-refractivity contribution is 5.85. The molecule has 5 nitrogen and oxygen atoms in total. The van der Waals surface area contributed by atoms with Crippen LogP contribution in [0.1, 0.15) is 52.4 Å². The van der Waals surface area contributed by atoms with Gasteiger partial charge in [0.1, 0.15) is 5.84 Å². The van der Waals surface area contributed by atoms with Crippen molar-refractivity contribution in [2.45, 2.75) is 58.4 Å². The number of rotatable bonds is 9. The van der Waals surface area contributed by atoms with E-state index in [2.05, 4.69) is 10.1 Å². The molecule has 19 heavy (non-hydrogen) atoms. The predicted molar refractivity (Wildman–Crippen MR) is 77.3 cm³/mol. The summed E-state index contributed by atoms with van der Waals surface area (Å²) >= 11 is 0. The summed E-state index contributed by atoms with van der Waals surface area (Å²) in [5.74, 6) is 0.304. The van der Waals surface area contributed by atoms with Crippen molar-refractivity contribution in [2.75, 3.05) is 19.7 Å². The maximum absolute atomic E-state index is 8.96. The minimum Gasteiger partial charge on any atom is -0.409 e. The molecule has 0 atom stereocenters. The van der Waals surface area contributed by atoms with Crippen LogP contribution in [0, 0.1) is 5.41 Å². The molecule has 0 spiro atoms. The highest BCUT2D eigenvalue weighted by Gasteiger charge is 2.26. The second-order valence-electron chi connectivity index (χ2n) is 6.17. The van der Waals surface area contributed by atoms with Gasteiger partial charge in [-0.25, -0.2) is 0 Å². The van der Waals surface area contributed by atoms with Crippen molar-refractivity contribution >= 4 is 5.84 Å². The molecule has 5 heteroatoms. The Morgan fingerprint density at radius 2 is 1.95 bits per heavy atom. The van der Waals surface area contributed by atoms with Gasteiger partial charge in [0.15, 0.2) is 0 Å². The Labute approximate surface area is 116 Å². The second-order valence-corrected chi connectivity index (χ2v) is 6.17. The van der Waals surface area contributed by atoms with Crippen LogP contribution < -0.4 is 5.73 Å². The average Bonchev–Trinajstić information content (AvgIpc) is 2.32. The predicted octanol–water partition coefficient (Wildman–Crippen LogP) is 1.78. The lowest BCUT2D eigenvalue weighted by Gasteiger charge is -2.38. The monoisotopic (exact) mass is 271 g/mol. The van der Waals surface area contributed by atoms with Crippen LogP contribution in [0.25, 0.3) is 0 Å². The van der Waals surface area contributed by atoms with E-state index < -0.39 is 0 Å². The van der Waals surface area contributed by atoms with Crippen LogP contribution in [-0.4, -0.2) is 46.8 Å². The van der Waals surface area contributed by atoms with Gasteiger partial charge in [-0.05, 0) is 38.6 Å². The van der Waals surface area contributed by atoms with Gasteiger partial charge in [-0.1, -0.05) is 25.4 Å². The summed E-state index contributed by atoms with van der Waals surface area (Å²) in [5.41, 5.74) is 5.45. The third-order valence-corrected chi connectivity index (χ3v) is 4.24. The van der Waals surface area contributed by atoms with Crippen LogP contribution in [0.4, 0.5) is 0 Å². The Morgan fingerprint density at radius 1 is 1.32 bits per heavy atom. The molecule has 0 aromatic carbocycles. The van der Waals surface area contributed by atoms with E-state index in [9.17, 15) is 0 Å². The number of nitrogens with two attached hydrogens (primary N) is 1. The summed E-state index contributed by atoms with van der Waals surface area (Å²) in [5, 5.41) is 20.8. The van der Waals surface area contributed by atoms with E-state index in [4.69, 9.17) is 16.0 Å². The maximum atomic E-state index is 8.96. The molecule has 0 aromatic rings. The number of oxime groups is 1. The van der Waals surface area contributed by atoms with Crippen molar-refractivity contribution in [2.24, 2.45) is 16.3 Å². The standard InChI is InChI=1S/C14H29N3O2/c1-14(2,13(15)16-19)8-4-9-17(10-5-11-18)12-6-3-7-12/h12,18-19H,3-11H2,1-2H3,(H2,15,16). The van der Waals surface area contributed by atoms with Crippen molar-refractivity contribution in [3.63, 3.8) is 0 Å². The topological polar surface area (TPSA) is 82.1 Å². The molecule has 0 bridgehead atoms. The Bertz CT molecular complexity index is 288. The Hall–Kier alpha value is -0.810. The smallest absolute Gasteiger partial charge is 0.144 e. The van der Waals surface area contributed by atoms with Crippen LogP contribution in [-0.2, 0) is 0 Å². The molecule has 0 saturated heterocycles. The molecule has 0 aromatic heterocycles. The SMILES string of the molecule is CC(C)(CCCN(CCCO)C1CCC1)C(N)=NO. The van der Waals surface area contributed by atoms with E-state index in [1.807, 2.05) is 13.8 Å². The zero-order valence-corrected chi connectivity index (χ0v) is 12.3. The Balaban J connectivity index is 2.35. The molecule has 0 heterocycles. The van der Waals surface area contributed by atoms with Gasteiger partial charge in [0.25, 0.3) is 0 Å². The lowest BCUT2D eigenvalue weighted by Crippen LogP contribution is -2.42. The van der Waals surface area contributed by atoms with Gasteiger partial charge in [0.2, 0.25) is 0 Å². The van der Waals surface area contributed by atoms with E-state index in [1.54, 1.807) is 0 Å². The lowest BCUT2D eigenvalue weighted by atomic mass is 9.86. The largest absolute Gasteiger partial charge is 0.409 e. The molecular weight excluding hydrogens is 242 g/mol. The fourth-order valence-electron chi connectivity index (χ4n) is 2.49. The normalized spacial score (nSPS) is 17.8. The van der Waals surface area contributed by atoms with Crippen LogP contribution in [0.2, 0.25) is 0 Å². The Morgan fingerprint density at radius 3 is 2.42 bits per heavy atom. The highest BCUT2D eigenvalue weighted by Crippen LogP contribution is 2.27. The van der Waals surface area contributed by atoms with Gasteiger partial charge in [-0.3, -0.25) is 0 Å². The minimum absolute atomic E-state index is 0.253. The average molecular weight is 271 g/mol. The summed E-state index contributed by atoms with van der Waals surface area (Å²) in [6.07, 6.45) is 6.69. The number of nitrogens with zero attached hydrogens (tertiary/aromatic N) is 2. The number of aliphatic hydroxyl groups excluding tert-OH is 1. The zero-order valence-electron chi connectivity index (χ0n) is 12.3. The molecule has 1 rings (SSSR count). The minimum atomic E-state index is -0.253. The van der Waals surface area contributed by atoms with Crippen molar-refractivity contribution in [1.82, 2.24) is 4.90 Å². The molecular formula is C14H29N3O2. The van der Waals surface area contributed by atoms with Crippen molar-refractivity contribution < 1.29 is 10.3 Å². The fraction of sp³-hybridized carbons (Fsp3) is 0.929. The highest BCUT2D eigenvalue weighted by atomic mass is 16.4. The second kappa shape index (κ2) is 7.70. The van der Waals surface area contributed by atoms with Crippen LogP contribution in [0.3, 0.4) is 0 Å². The van der Waals surface area contributed by atoms with Gasteiger partial charge < -0.3 is 20.9 Å². The summed E-state index contributed by atoms with van der Waals surface area (Å²) in [6, 6.07) is 0.707. The third-order valence-electron chi connectivity index (χ3n) is 4.24. The van der Waals surface area contributed by atoms with E-state index in [1.165, 1.54) is 19.3 Å². The van der Waals surface area contributed by atoms with Gasteiger partial charge in [0, 0.05) is 24.6 Å². The molecule has 0 amide bonds. The van der Waals surface area contributed by atoms with Crippen LogP contribution >= 0.6 is 0 Å². The van der Waals surface area contributed by atoms with Crippen molar-refractivity contribution in [1.29, 1.82) is 0 Å². The number of hydrogen-bond donors (Lipinski definition) is 3. The first-order valence-corrected chi connectivity index (χ1v) is 7.34. The molecule has 112 valence electrons. The van der Waals surface area contributed by atoms with Crippen molar-refractivity contribution in [3.8, 4) is 0 Å². The first kappa shape index (κ1) is 16.2. The van der Waals surface area contributed by atoms with Gasteiger partial charge in [-0.15, -0.1) is 0 Å². The summed E-state index contributed by atoms with van der Waals surface area (Å²) < 4.78 is 0. The molecule has 0 radical (unpaired) electrons. The van der Waals surface area contributed by atoms with Crippen LogP contribution in [0.5, 0.6) is 0 Å². The van der Waals surface area contributed by atoms with Gasteiger partial charge in [0.05, 0.1) is 0 Å². The quantitative estimate of drug-likeness (QED) is 0.258. The van der Waals surface area contributed by atoms with E-state index in [0.717, 1.165) is 32.4 Å². The molecule has 4 N–H and O–H groups in total. The van der Waals surface area contributed by atoms with E-state index >= 15 is 0 Å². The van der Waals surface area contributed by atoms with Crippen molar-refractivity contribution in [3.05, 3.63) is 0 Å². The fourth-order valence-corrected chi connectivity index (χ4v) is 2.49. The van der Waals surface area contributed by atoms with Gasteiger partial charge in [-0.2, -0.15) is 0 Å². The molecule has 1 saturated carbocycles. The molecule has 1 aliphatic rings. The summed E-state index contributed by atoms with van der Waals surface area (Å²) in [7, 11) is 0. The molecule has 1 fully saturated rings. The number of aliphatic hydroxyl groups is 1. The van der Waals surface area contributed by atoms with E-state index in [0.29, 0.717) is 11.9 Å². The molecule has 0 unspecified atom stereocenters. The third kappa shape index (κ3) is 4.99. The number of amidine groups is 1. The van der Waals surface area contributed by atoms with Crippen LogP contribution in [0.15, 0.2) is 5.16 Å². The molecule has 1 aliphatic carbocycles. The molecule has 0 aliphatic heterocycles. The zero-order chi connectivity index (χ0) is 14.3. The van der Waals surface area contributed by atoms with Gasteiger partial charge >= 0.3 is 0 Å². The first-order valence-electron chi connectivity index (χ1n) is 7.34. The number of hydrogen-bond acceptors (Lipinski definition) is 4. The lowest BCUT2D eigenvalue weighted by molar-refractivity contribution is 0.112.